The fourth-order valence-corrected chi connectivity index (χ4v) is 2.17. The van der Waals surface area contributed by atoms with Gasteiger partial charge in [0.25, 0.3) is 5.91 Å². The largest absolute Gasteiger partial charge is 0.452 e. The summed E-state index contributed by atoms with van der Waals surface area (Å²) in [6.45, 7) is 0.949. The number of anilines is 2. The number of halogens is 2. The lowest BCUT2D eigenvalue weighted by Gasteiger charge is -2.08. The number of benzene rings is 2. The van der Waals surface area contributed by atoms with Crippen molar-refractivity contribution in [1.29, 1.82) is 0 Å². The second-order valence-electron chi connectivity index (χ2n) is 5.01. The summed E-state index contributed by atoms with van der Waals surface area (Å²) in [4.78, 5) is 34.6. The van der Waals surface area contributed by atoms with Crippen LogP contribution < -0.4 is 10.6 Å². The smallest absolute Gasteiger partial charge is 0.338 e. The van der Waals surface area contributed by atoms with Crippen LogP contribution in [-0.4, -0.2) is 24.4 Å². The van der Waals surface area contributed by atoms with E-state index in [1.807, 2.05) is 0 Å². The van der Waals surface area contributed by atoms with Crippen molar-refractivity contribution in [3.05, 3.63) is 58.1 Å². The first-order valence-corrected chi connectivity index (χ1v) is 7.90. The molecule has 0 aliphatic heterocycles. The molecule has 25 heavy (non-hydrogen) atoms. The molecule has 0 saturated carbocycles. The number of hydrogen-bond acceptors (Lipinski definition) is 4. The minimum Gasteiger partial charge on any atom is -0.452 e. The molecule has 130 valence electrons. The van der Waals surface area contributed by atoms with Crippen LogP contribution in [0.1, 0.15) is 17.3 Å². The Balaban J connectivity index is 1.86. The number of carbonyl (C=O) groups excluding carboxylic acids is 3. The average Bonchev–Trinajstić information content (AvgIpc) is 2.56. The summed E-state index contributed by atoms with van der Waals surface area (Å²) in [6, 6.07) is 10.8. The maximum atomic E-state index is 11.9. The zero-order valence-electron chi connectivity index (χ0n) is 13.1. The minimum atomic E-state index is -0.685. The normalized spacial score (nSPS) is 10.0. The molecule has 0 bridgehead atoms. The molecule has 2 amide bonds. The molecule has 0 saturated heterocycles. The summed E-state index contributed by atoms with van der Waals surface area (Å²) < 4.78 is 4.92. The fourth-order valence-electron chi connectivity index (χ4n) is 1.87. The lowest BCUT2D eigenvalue weighted by molar-refractivity contribution is -0.119. The maximum absolute atomic E-state index is 11.9. The zero-order chi connectivity index (χ0) is 18.4. The third-order valence-electron chi connectivity index (χ3n) is 2.98. The summed E-state index contributed by atoms with van der Waals surface area (Å²) in [7, 11) is 0. The Hall–Kier alpha value is -2.57. The Labute approximate surface area is 154 Å². The van der Waals surface area contributed by atoms with Crippen LogP contribution in [0.2, 0.25) is 10.0 Å². The number of nitrogens with one attached hydrogen (secondary N) is 2. The topological polar surface area (TPSA) is 84.5 Å². The van der Waals surface area contributed by atoms with Crippen molar-refractivity contribution in [1.82, 2.24) is 0 Å². The van der Waals surface area contributed by atoms with Crippen molar-refractivity contribution in [2.75, 3.05) is 17.2 Å². The van der Waals surface area contributed by atoms with E-state index in [1.165, 1.54) is 25.1 Å². The van der Waals surface area contributed by atoms with Crippen LogP contribution >= 0.6 is 23.2 Å². The molecule has 8 heteroatoms. The number of hydrogen-bond donors (Lipinski definition) is 2. The molecular formula is C17H14Cl2N2O4. The lowest BCUT2D eigenvalue weighted by Crippen LogP contribution is -2.21. The first-order valence-electron chi connectivity index (χ1n) is 7.15. The van der Waals surface area contributed by atoms with Crippen LogP contribution in [0, 0.1) is 0 Å². The van der Waals surface area contributed by atoms with E-state index >= 15 is 0 Å². The first kappa shape index (κ1) is 18.8. The Kier molecular flexibility index (Phi) is 6.38. The molecule has 2 N–H and O–H groups in total. The summed E-state index contributed by atoms with van der Waals surface area (Å²) >= 11 is 11.6. The molecular weight excluding hydrogens is 367 g/mol. The molecule has 2 aromatic rings. The second-order valence-corrected chi connectivity index (χ2v) is 5.83. The van der Waals surface area contributed by atoms with E-state index in [0.717, 1.165) is 0 Å². The maximum Gasteiger partial charge on any atom is 0.338 e. The SMILES string of the molecule is CC(=O)Nc1ccc(NC(=O)COC(=O)c2ccc(Cl)c(Cl)c2)cc1. The monoisotopic (exact) mass is 380 g/mol. The van der Waals surface area contributed by atoms with Gasteiger partial charge < -0.3 is 15.4 Å². The average molecular weight is 381 g/mol. The van der Waals surface area contributed by atoms with E-state index < -0.39 is 18.5 Å². The van der Waals surface area contributed by atoms with Crippen LogP contribution in [0.25, 0.3) is 0 Å². The number of carbonyl (C=O) groups is 3. The highest BCUT2D eigenvalue weighted by Gasteiger charge is 2.12. The number of esters is 1. The molecule has 6 nitrogen and oxygen atoms in total. The Morgan fingerprint density at radius 1 is 0.920 bits per heavy atom. The highest BCUT2D eigenvalue weighted by molar-refractivity contribution is 6.42. The number of rotatable bonds is 5. The van der Waals surface area contributed by atoms with Crippen molar-refractivity contribution in [3.8, 4) is 0 Å². The summed E-state index contributed by atoms with van der Waals surface area (Å²) in [5.41, 5.74) is 1.31. The number of ether oxygens (including phenoxy) is 1. The summed E-state index contributed by atoms with van der Waals surface area (Å²) in [6.07, 6.45) is 0. The van der Waals surface area contributed by atoms with Crippen LogP contribution in [0.4, 0.5) is 11.4 Å². The molecule has 0 radical (unpaired) electrons. The third kappa shape index (κ3) is 5.77. The molecule has 0 atom stereocenters. The second kappa shape index (κ2) is 8.50. The van der Waals surface area contributed by atoms with Gasteiger partial charge in [-0.15, -0.1) is 0 Å². The lowest BCUT2D eigenvalue weighted by atomic mass is 10.2. The molecule has 0 fully saturated rings. The molecule has 0 heterocycles. The Morgan fingerprint density at radius 2 is 1.52 bits per heavy atom. The van der Waals surface area contributed by atoms with Gasteiger partial charge in [-0.2, -0.15) is 0 Å². The molecule has 0 aliphatic rings. The van der Waals surface area contributed by atoms with E-state index in [9.17, 15) is 14.4 Å². The quantitative estimate of drug-likeness (QED) is 0.773. The van der Waals surface area contributed by atoms with Gasteiger partial charge in [-0.05, 0) is 42.5 Å². The van der Waals surface area contributed by atoms with E-state index in [0.29, 0.717) is 16.4 Å². The first-order chi connectivity index (χ1) is 11.8. The Morgan fingerprint density at radius 3 is 2.08 bits per heavy atom. The van der Waals surface area contributed by atoms with Crippen molar-refractivity contribution in [2.45, 2.75) is 6.92 Å². The minimum absolute atomic E-state index is 0.189. The molecule has 2 aromatic carbocycles. The van der Waals surface area contributed by atoms with Crippen molar-refractivity contribution >= 4 is 52.4 Å². The molecule has 0 aliphatic carbocycles. The van der Waals surface area contributed by atoms with Gasteiger partial charge in [0, 0.05) is 18.3 Å². The van der Waals surface area contributed by atoms with E-state index in [1.54, 1.807) is 24.3 Å². The highest BCUT2D eigenvalue weighted by atomic mass is 35.5. The van der Waals surface area contributed by atoms with Gasteiger partial charge in [0.2, 0.25) is 5.91 Å². The van der Waals surface area contributed by atoms with Gasteiger partial charge in [0.15, 0.2) is 6.61 Å². The summed E-state index contributed by atoms with van der Waals surface area (Å²) in [5.74, 6) is -1.37. The van der Waals surface area contributed by atoms with Gasteiger partial charge in [0.05, 0.1) is 15.6 Å². The van der Waals surface area contributed by atoms with Gasteiger partial charge >= 0.3 is 5.97 Å². The van der Waals surface area contributed by atoms with Crippen LogP contribution in [0.15, 0.2) is 42.5 Å². The molecule has 2 rings (SSSR count). The van der Waals surface area contributed by atoms with Crippen LogP contribution in [0.5, 0.6) is 0 Å². The molecule has 0 aromatic heterocycles. The standard InChI is InChI=1S/C17H14Cl2N2O4/c1-10(22)20-12-3-5-13(6-4-12)21-16(23)9-25-17(24)11-2-7-14(18)15(19)8-11/h2-8H,9H2,1H3,(H,20,22)(H,21,23). The predicted octanol–water partition coefficient (Wildman–Crippen LogP) is 3.75. The fraction of sp³-hybridized carbons (Fsp3) is 0.118. The van der Waals surface area contributed by atoms with Gasteiger partial charge in [-0.3, -0.25) is 9.59 Å². The van der Waals surface area contributed by atoms with E-state index in [2.05, 4.69) is 10.6 Å². The third-order valence-corrected chi connectivity index (χ3v) is 3.72. The van der Waals surface area contributed by atoms with Crippen LogP contribution in [0.3, 0.4) is 0 Å². The zero-order valence-corrected chi connectivity index (χ0v) is 14.6. The Bertz CT molecular complexity index is 807. The van der Waals surface area contributed by atoms with E-state index in [-0.39, 0.29) is 16.5 Å². The number of amides is 2. The molecule has 0 spiro atoms. The van der Waals surface area contributed by atoms with Gasteiger partial charge in [-0.1, -0.05) is 23.2 Å². The van der Waals surface area contributed by atoms with Crippen molar-refractivity contribution in [3.63, 3.8) is 0 Å². The highest BCUT2D eigenvalue weighted by Crippen LogP contribution is 2.23. The van der Waals surface area contributed by atoms with Gasteiger partial charge in [-0.25, -0.2) is 4.79 Å². The van der Waals surface area contributed by atoms with Crippen molar-refractivity contribution < 1.29 is 19.1 Å². The predicted molar refractivity (Wildman–Crippen MR) is 96.1 cm³/mol. The molecule has 0 unspecified atom stereocenters. The van der Waals surface area contributed by atoms with Crippen molar-refractivity contribution in [2.24, 2.45) is 0 Å². The van der Waals surface area contributed by atoms with Gasteiger partial charge in [0.1, 0.15) is 0 Å². The summed E-state index contributed by atoms with van der Waals surface area (Å²) in [5, 5.41) is 5.72. The van der Waals surface area contributed by atoms with Crippen LogP contribution in [-0.2, 0) is 14.3 Å². The van der Waals surface area contributed by atoms with E-state index in [4.69, 9.17) is 27.9 Å².